The number of halogens is 1. The number of nitrogens with zero attached hydrogens (tertiary/aromatic N) is 2. The van der Waals surface area contributed by atoms with Crippen molar-refractivity contribution in [1.82, 2.24) is 8.96 Å². The molecule has 2 aromatic rings. The maximum absolute atomic E-state index is 12.2. The van der Waals surface area contributed by atoms with E-state index in [0.29, 0.717) is 17.4 Å². The highest BCUT2D eigenvalue weighted by atomic mass is 35.5. The van der Waals surface area contributed by atoms with E-state index in [-0.39, 0.29) is 4.90 Å². The van der Waals surface area contributed by atoms with Crippen LogP contribution in [0.3, 0.4) is 0 Å². The van der Waals surface area contributed by atoms with E-state index >= 15 is 0 Å². The van der Waals surface area contributed by atoms with Crippen LogP contribution in [0.25, 0.3) is 0 Å². The molecule has 0 fully saturated rings. The molecule has 1 aromatic carbocycles. The summed E-state index contributed by atoms with van der Waals surface area (Å²) in [6, 6.07) is 4.33. The maximum Gasteiger partial charge on any atom is 0.269 e. The first-order valence-corrected chi connectivity index (χ1v) is 7.03. The van der Waals surface area contributed by atoms with Crippen LogP contribution in [-0.4, -0.2) is 24.0 Å². The first-order valence-electron chi connectivity index (χ1n) is 5.21. The highest BCUT2D eigenvalue weighted by Gasteiger charge is 2.18. The summed E-state index contributed by atoms with van der Waals surface area (Å²) in [5.74, 6) is 0.348. The zero-order valence-corrected chi connectivity index (χ0v) is 11.1. The standard InChI is InChI=1S/C11H11ClN2O3S/c1-2-17-11-7-9(3-4-10(11)12)18(15,16)14-6-5-13-8-14/h3-8H,2H2,1H3. The van der Waals surface area contributed by atoms with Gasteiger partial charge in [-0.05, 0) is 19.1 Å². The monoisotopic (exact) mass is 286 g/mol. The Bertz CT molecular complexity index is 638. The lowest BCUT2D eigenvalue weighted by Crippen LogP contribution is -2.11. The summed E-state index contributed by atoms with van der Waals surface area (Å²) in [5.41, 5.74) is 0. The van der Waals surface area contributed by atoms with Gasteiger partial charge in [0, 0.05) is 18.5 Å². The van der Waals surface area contributed by atoms with Crippen molar-refractivity contribution in [1.29, 1.82) is 0 Å². The molecule has 1 aromatic heterocycles. The minimum atomic E-state index is -3.64. The third-order valence-electron chi connectivity index (χ3n) is 2.26. The van der Waals surface area contributed by atoms with Crippen LogP contribution in [0.2, 0.25) is 5.02 Å². The second kappa shape index (κ2) is 4.99. The molecule has 0 radical (unpaired) electrons. The molecular formula is C11H11ClN2O3S. The summed E-state index contributed by atoms with van der Waals surface area (Å²) in [6.07, 6.45) is 3.99. The molecule has 0 N–H and O–H groups in total. The Hall–Kier alpha value is -1.53. The van der Waals surface area contributed by atoms with Gasteiger partial charge >= 0.3 is 0 Å². The fourth-order valence-corrected chi connectivity index (χ4v) is 2.73. The Kier molecular flexibility index (Phi) is 3.58. The van der Waals surface area contributed by atoms with Crippen LogP contribution in [0.1, 0.15) is 6.92 Å². The molecule has 5 nitrogen and oxygen atoms in total. The Morgan fingerprint density at radius 2 is 2.22 bits per heavy atom. The van der Waals surface area contributed by atoms with Gasteiger partial charge in [-0.2, -0.15) is 0 Å². The second-order valence-corrected chi connectivity index (χ2v) is 5.67. The van der Waals surface area contributed by atoms with E-state index in [2.05, 4.69) is 4.98 Å². The van der Waals surface area contributed by atoms with Crippen molar-refractivity contribution in [3.05, 3.63) is 41.9 Å². The van der Waals surface area contributed by atoms with Gasteiger partial charge in [0.05, 0.1) is 16.5 Å². The number of ether oxygens (including phenoxy) is 1. The predicted octanol–water partition coefficient (Wildman–Crippen LogP) is 2.17. The lowest BCUT2D eigenvalue weighted by Gasteiger charge is -2.09. The summed E-state index contributed by atoms with van der Waals surface area (Å²) in [5, 5.41) is 0.376. The van der Waals surface area contributed by atoms with Crippen LogP contribution >= 0.6 is 11.6 Å². The molecule has 0 saturated heterocycles. The van der Waals surface area contributed by atoms with Gasteiger partial charge in [0.1, 0.15) is 12.1 Å². The van der Waals surface area contributed by atoms with E-state index in [1.807, 2.05) is 0 Å². The number of hydrogen-bond acceptors (Lipinski definition) is 4. The number of rotatable bonds is 4. The fraction of sp³-hybridized carbons (Fsp3) is 0.182. The molecule has 0 spiro atoms. The van der Waals surface area contributed by atoms with Gasteiger partial charge in [0.2, 0.25) is 0 Å². The lowest BCUT2D eigenvalue weighted by atomic mass is 10.3. The Balaban J connectivity index is 2.49. The van der Waals surface area contributed by atoms with Crippen LogP contribution in [-0.2, 0) is 10.0 Å². The predicted molar refractivity (Wildman–Crippen MR) is 67.4 cm³/mol. The molecule has 7 heteroatoms. The number of benzene rings is 1. The van der Waals surface area contributed by atoms with Gasteiger partial charge in [-0.3, -0.25) is 0 Å². The topological polar surface area (TPSA) is 61.2 Å². The number of aromatic nitrogens is 2. The Morgan fingerprint density at radius 1 is 1.44 bits per heavy atom. The summed E-state index contributed by atoms with van der Waals surface area (Å²) >= 11 is 5.91. The quantitative estimate of drug-likeness (QED) is 0.864. The van der Waals surface area contributed by atoms with Gasteiger partial charge < -0.3 is 4.74 Å². The Labute approximate surface area is 110 Å². The zero-order valence-electron chi connectivity index (χ0n) is 9.58. The maximum atomic E-state index is 12.2. The first kappa shape index (κ1) is 12.9. The molecule has 2 rings (SSSR count). The molecule has 0 aliphatic carbocycles. The van der Waals surface area contributed by atoms with Gasteiger partial charge in [-0.1, -0.05) is 11.6 Å². The van der Waals surface area contributed by atoms with Crippen molar-refractivity contribution in [3.8, 4) is 5.75 Å². The molecule has 96 valence electrons. The van der Waals surface area contributed by atoms with Gasteiger partial charge in [0.25, 0.3) is 10.0 Å². The van der Waals surface area contributed by atoms with Crippen LogP contribution in [0.4, 0.5) is 0 Å². The average molecular weight is 287 g/mol. The van der Waals surface area contributed by atoms with Gasteiger partial charge in [-0.15, -0.1) is 0 Å². The summed E-state index contributed by atoms with van der Waals surface area (Å²) < 4.78 is 30.7. The molecule has 0 atom stereocenters. The molecule has 18 heavy (non-hydrogen) atoms. The molecule has 1 heterocycles. The highest BCUT2D eigenvalue weighted by molar-refractivity contribution is 7.90. The summed E-state index contributed by atoms with van der Waals surface area (Å²) in [4.78, 5) is 3.82. The molecule has 0 saturated carbocycles. The van der Waals surface area contributed by atoms with E-state index in [9.17, 15) is 8.42 Å². The minimum Gasteiger partial charge on any atom is -0.492 e. The molecular weight excluding hydrogens is 276 g/mol. The van der Waals surface area contributed by atoms with E-state index in [0.717, 1.165) is 3.97 Å². The lowest BCUT2D eigenvalue weighted by molar-refractivity contribution is 0.339. The second-order valence-electron chi connectivity index (χ2n) is 3.42. The summed E-state index contributed by atoms with van der Waals surface area (Å²) in [7, 11) is -3.64. The van der Waals surface area contributed by atoms with E-state index in [4.69, 9.17) is 16.3 Å². The molecule has 0 bridgehead atoms. The van der Waals surface area contributed by atoms with Crippen LogP contribution in [0.15, 0.2) is 41.8 Å². The largest absolute Gasteiger partial charge is 0.492 e. The third-order valence-corrected chi connectivity index (χ3v) is 4.19. The Morgan fingerprint density at radius 3 is 2.83 bits per heavy atom. The third kappa shape index (κ3) is 2.34. The molecule has 0 amide bonds. The molecule has 0 aliphatic rings. The van der Waals surface area contributed by atoms with Crippen molar-refractivity contribution in [3.63, 3.8) is 0 Å². The highest BCUT2D eigenvalue weighted by Crippen LogP contribution is 2.28. The van der Waals surface area contributed by atoms with Gasteiger partial charge in [0.15, 0.2) is 0 Å². The SMILES string of the molecule is CCOc1cc(S(=O)(=O)n2ccnc2)ccc1Cl. The van der Waals surface area contributed by atoms with E-state index in [1.54, 1.807) is 6.92 Å². The minimum absolute atomic E-state index is 0.105. The molecule has 0 unspecified atom stereocenters. The van der Waals surface area contributed by atoms with E-state index in [1.165, 1.54) is 36.9 Å². The number of hydrogen-bond donors (Lipinski definition) is 0. The molecule has 0 aliphatic heterocycles. The van der Waals surface area contributed by atoms with Crippen molar-refractivity contribution < 1.29 is 13.2 Å². The average Bonchev–Trinajstić information content (AvgIpc) is 2.86. The fourth-order valence-electron chi connectivity index (χ4n) is 1.42. The van der Waals surface area contributed by atoms with Crippen LogP contribution in [0.5, 0.6) is 5.75 Å². The normalized spacial score (nSPS) is 11.4. The first-order chi connectivity index (χ1) is 8.55. The van der Waals surface area contributed by atoms with Crippen molar-refractivity contribution in [2.45, 2.75) is 11.8 Å². The van der Waals surface area contributed by atoms with E-state index < -0.39 is 10.0 Å². The van der Waals surface area contributed by atoms with Crippen molar-refractivity contribution in [2.24, 2.45) is 0 Å². The zero-order chi connectivity index (χ0) is 13.2. The van der Waals surface area contributed by atoms with Gasteiger partial charge in [-0.25, -0.2) is 17.4 Å². The number of imidazole rings is 1. The summed E-state index contributed by atoms with van der Waals surface area (Å²) in [6.45, 7) is 2.21. The van der Waals surface area contributed by atoms with Crippen LogP contribution < -0.4 is 4.74 Å². The smallest absolute Gasteiger partial charge is 0.269 e. The van der Waals surface area contributed by atoms with Crippen molar-refractivity contribution in [2.75, 3.05) is 6.61 Å². The van der Waals surface area contributed by atoms with Crippen molar-refractivity contribution >= 4 is 21.6 Å². The van der Waals surface area contributed by atoms with Crippen LogP contribution in [0, 0.1) is 0 Å².